The van der Waals surface area contributed by atoms with Crippen LogP contribution in [0.3, 0.4) is 0 Å². The van der Waals surface area contributed by atoms with Gasteiger partial charge in [-0.3, -0.25) is 0 Å². The third-order valence-corrected chi connectivity index (χ3v) is 7.73. The van der Waals surface area contributed by atoms with Crippen LogP contribution >= 0.6 is 0 Å². The zero-order valence-corrected chi connectivity index (χ0v) is 22.1. The van der Waals surface area contributed by atoms with Gasteiger partial charge in [0.2, 0.25) is 0 Å². The summed E-state index contributed by atoms with van der Waals surface area (Å²) in [6.45, 7) is 5.56. The number of carbonyl (C=O) groups is 1. The Kier molecular flexibility index (Phi) is 8.40. The Labute approximate surface area is 224 Å². The van der Waals surface area contributed by atoms with Gasteiger partial charge in [0, 0.05) is 30.4 Å². The van der Waals surface area contributed by atoms with Gasteiger partial charge in [0.15, 0.2) is 15.7 Å². The van der Waals surface area contributed by atoms with Crippen molar-refractivity contribution in [1.82, 2.24) is 15.3 Å². The average molecular weight is 564 g/mol. The zero-order valence-electron chi connectivity index (χ0n) is 21.3. The molecule has 0 aliphatic carbocycles. The highest BCUT2D eigenvalue weighted by molar-refractivity contribution is 7.90. The molecular weight excluding hydrogens is 535 g/mol. The summed E-state index contributed by atoms with van der Waals surface area (Å²) in [6, 6.07) is 11.8. The van der Waals surface area contributed by atoms with Gasteiger partial charge in [-0.05, 0) is 50.2 Å². The molecule has 0 bridgehead atoms. The molecule has 2 heterocycles. The predicted octanol–water partition coefficient (Wildman–Crippen LogP) is 4.50. The van der Waals surface area contributed by atoms with E-state index in [1.165, 1.54) is 12.1 Å². The van der Waals surface area contributed by atoms with Gasteiger partial charge in [0.1, 0.15) is 5.82 Å². The van der Waals surface area contributed by atoms with Crippen molar-refractivity contribution in [2.75, 3.05) is 36.5 Å². The fourth-order valence-electron chi connectivity index (χ4n) is 4.18. The maximum atomic E-state index is 13.6. The molecule has 1 aliphatic heterocycles. The van der Waals surface area contributed by atoms with Gasteiger partial charge in [0.05, 0.1) is 41.2 Å². The smallest absolute Gasteiger partial charge is 0.377 e. The van der Waals surface area contributed by atoms with Gasteiger partial charge >= 0.3 is 12.2 Å². The van der Waals surface area contributed by atoms with Crippen molar-refractivity contribution in [3.63, 3.8) is 0 Å². The fourth-order valence-corrected chi connectivity index (χ4v) is 5.68. The van der Waals surface area contributed by atoms with E-state index in [0.717, 1.165) is 18.2 Å². The van der Waals surface area contributed by atoms with E-state index in [1.807, 2.05) is 11.8 Å². The Morgan fingerprint density at radius 2 is 1.85 bits per heavy atom. The first kappa shape index (κ1) is 28.3. The number of halogens is 3. The summed E-state index contributed by atoms with van der Waals surface area (Å²) in [6.07, 6.45) is -4.83. The largest absolute Gasteiger partial charge is 0.417 e. The number of hydrogen-bond acceptors (Lipinski definition) is 7. The highest BCUT2D eigenvalue weighted by Crippen LogP contribution is 2.35. The van der Waals surface area contributed by atoms with Crippen molar-refractivity contribution >= 4 is 27.4 Å². The Bertz CT molecular complexity index is 1430. The van der Waals surface area contributed by atoms with E-state index in [4.69, 9.17) is 4.74 Å². The lowest BCUT2D eigenvalue weighted by Crippen LogP contribution is -2.44. The van der Waals surface area contributed by atoms with Crippen molar-refractivity contribution < 1.29 is 31.1 Å². The molecule has 2 aromatic carbocycles. The maximum absolute atomic E-state index is 13.6. The van der Waals surface area contributed by atoms with Gasteiger partial charge in [-0.15, -0.1) is 0 Å². The molecule has 208 valence electrons. The number of carbonyl (C=O) groups excluding carboxylic acids is 1. The fraction of sp³-hybridized carbons (Fsp3) is 0.346. The van der Waals surface area contributed by atoms with E-state index in [9.17, 15) is 26.4 Å². The summed E-state index contributed by atoms with van der Waals surface area (Å²) in [5.74, 6) is -0.113. The first-order valence-corrected chi connectivity index (χ1v) is 13.9. The van der Waals surface area contributed by atoms with Crippen molar-refractivity contribution in [3.05, 3.63) is 65.9 Å². The quantitative estimate of drug-likeness (QED) is 0.435. The minimum absolute atomic E-state index is 0.0511. The second-order valence-corrected chi connectivity index (χ2v) is 10.9. The molecule has 1 aliphatic rings. The number of ether oxygens (including phenoxy) is 1. The molecule has 2 N–H and O–H groups in total. The van der Waals surface area contributed by atoms with E-state index < -0.39 is 32.2 Å². The topological polar surface area (TPSA) is 114 Å². The lowest BCUT2D eigenvalue weighted by molar-refractivity contribution is -0.139. The number of nitrogens with one attached hydrogen (secondary N) is 2. The molecule has 1 atom stereocenters. The normalized spacial score (nSPS) is 16.1. The molecule has 1 saturated heterocycles. The van der Waals surface area contributed by atoms with Crippen LogP contribution in [0.1, 0.15) is 25.1 Å². The third-order valence-electron chi connectivity index (χ3n) is 6.03. The molecule has 3 aromatic rings. The standard InChI is InChI=1S/C26H28F3N5O4S/c1-3-30-25(35)32-19-10-8-18(9-11-19)24-31-20(14-23(33-24)34-12-13-38-15-17(34)2)16-39(36,37)22-7-5-4-6-21(22)26(27,28)29/h4-11,14,17H,3,12-13,15-16H2,1-2H3,(H2,30,32,35)/t17-/m0/s1. The van der Waals surface area contributed by atoms with Crippen LogP contribution < -0.4 is 15.5 Å². The number of amides is 2. The summed E-state index contributed by atoms with van der Waals surface area (Å²) < 4.78 is 72.7. The number of anilines is 2. The SMILES string of the molecule is CCNC(=O)Nc1ccc(-c2nc(CS(=O)(=O)c3ccccc3C(F)(F)F)cc(N3CCOC[C@@H]3C)n2)cc1. The first-order valence-electron chi connectivity index (χ1n) is 12.2. The number of urea groups is 1. The molecule has 39 heavy (non-hydrogen) atoms. The van der Waals surface area contributed by atoms with Crippen LogP contribution in [0.15, 0.2) is 59.5 Å². The lowest BCUT2D eigenvalue weighted by atomic mass is 10.2. The molecular formula is C26H28F3N5O4S. The summed E-state index contributed by atoms with van der Waals surface area (Å²) in [7, 11) is -4.42. The van der Waals surface area contributed by atoms with Crippen LogP contribution in [0, 0.1) is 0 Å². The van der Waals surface area contributed by atoms with Gasteiger partial charge in [-0.25, -0.2) is 23.2 Å². The minimum Gasteiger partial charge on any atom is -0.377 e. The number of rotatable bonds is 7. The maximum Gasteiger partial charge on any atom is 0.417 e. The van der Waals surface area contributed by atoms with Crippen LogP contribution in [-0.4, -0.2) is 56.8 Å². The molecule has 0 unspecified atom stereocenters. The number of alkyl halides is 3. The molecule has 9 nitrogen and oxygen atoms in total. The second kappa shape index (κ2) is 11.6. The van der Waals surface area contributed by atoms with Crippen LogP contribution in [-0.2, 0) is 26.5 Å². The van der Waals surface area contributed by atoms with Gasteiger partial charge in [-0.2, -0.15) is 13.2 Å². The third kappa shape index (κ3) is 6.84. The van der Waals surface area contributed by atoms with E-state index in [2.05, 4.69) is 20.6 Å². The molecule has 0 saturated carbocycles. The van der Waals surface area contributed by atoms with Crippen LogP contribution in [0.25, 0.3) is 11.4 Å². The summed E-state index contributed by atoms with van der Waals surface area (Å²) in [5, 5.41) is 5.31. The second-order valence-electron chi connectivity index (χ2n) is 8.97. The molecule has 0 spiro atoms. The van der Waals surface area contributed by atoms with Crippen LogP contribution in [0.4, 0.5) is 29.5 Å². The van der Waals surface area contributed by atoms with Crippen LogP contribution in [0.2, 0.25) is 0 Å². The Morgan fingerprint density at radius 3 is 2.51 bits per heavy atom. The summed E-state index contributed by atoms with van der Waals surface area (Å²) in [4.78, 5) is 22.0. The van der Waals surface area contributed by atoms with Gasteiger partial charge in [0.25, 0.3) is 0 Å². The first-order chi connectivity index (χ1) is 18.5. The van der Waals surface area contributed by atoms with Crippen molar-refractivity contribution in [2.24, 2.45) is 0 Å². The highest BCUT2D eigenvalue weighted by Gasteiger charge is 2.37. The van der Waals surface area contributed by atoms with Gasteiger partial charge < -0.3 is 20.3 Å². The van der Waals surface area contributed by atoms with E-state index >= 15 is 0 Å². The number of hydrogen-bond donors (Lipinski definition) is 2. The summed E-state index contributed by atoms with van der Waals surface area (Å²) in [5.41, 5.74) is -0.116. The van der Waals surface area contributed by atoms with Crippen molar-refractivity contribution in [3.8, 4) is 11.4 Å². The summed E-state index contributed by atoms with van der Waals surface area (Å²) >= 11 is 0. The monoisotopic (exact) mass is 563 g/mol. The Hall–Kier alpha value is -3.71. The minimum atomic E-state index is -4.83. The average Bonchev–Trinajstić information content (AvgIpc) is 2.88. The Balaban J connectivity index is 1.73. The molecule has 1 aromatic heterocycles. The highest BCUT2D eigenvalue weighted by atomic mass is 32.2. The number of benzene rings is 2. The molecule has 4 rings (SSSR count). The molecule has 0 radical (unpaired) electrons. The number of aromatic nitrogens is 2. The van der Waals surface area contributed by atoms with E-state index in [0.29, 0.717) is 43.4 Å². The number of sulfone groups is 1. The van der Waals surface area contributed by atoms with E-state index in [-0.39, 0.29) is 23.6 Å². The molecule has 13 heteroatoms. The number of nitrogens with zero attached hydrogens (tertiary/aromatic N) is 3. The van der Waals surface area contributed by atoms with Gasteiger partial charge in [-0.1, -0.05) is 12.1 Å². The number of morpholine rings is 1. The van der Waals surface area contributed by atoms with Crippen molar-refractivity contribution in [1.29, 1.82) is 0 Å². The predicted molar refractivity (Wildman–Crippen MR) is 140 cm³/mol. The van der Waals surface area contributed by atoms with E-state index in [1.54, 1.807) is 31.2 Å². The zero-order chi connectivity index (χ0) is 28.2. The molecule has 1 fully saturated rings. The van der Waals surface area contributed by atoms with Crippen LogP contribution in [0.5, 0.6) is 0 Å². The van der Waals surface area contributed by atoms with Crippen molar-refractivity contribution in [2.45, 2.75) is 36.7 Å². The lowest BCUT2D eigenvalue weighted by Gasteiger charge is -2.34. The molecule has 2 amide bonds. The Morgan fingerprint density at radius 1 is 1.13 bits per heavy atom.